The Morgan fingerprint density at radius 3 is 2.70 bits per heavy atom. The minimum absolute atomic E-state index is 0.608. The van der Waals surface area contributed by atoms with Gasteiger partial charge < -0.3 is 9.72 Å². The van der Waals surface area contributed by atoms with Crippen molar-refractivity contribution in [1.82, 2.24) is 9.88 Å². The van der Waals surface area contributed by atoms with Gasteiger partial charge in [-0.3, -0.25) is 4.90 Å². The number of nitrogens with one attached hydrogen (secondary N) is 1. The molecule has 0 radical (unpaired) electrons. The third kappa shape index (κ3) is 2.65. The van der Waals surface area contributed by atoms with Crippen LogP contribution in [0.5, 0.6) is 5.75 Å². The molecule has 1 N–H and O–H groups in total. The number of aromatic amines is 1. The van der Waals surface area contributed by atoms with E-state index in [0.29, 0.717) is 5.41 Å². The molecule has 0 amide bonds. The summed E-state index contributed by atoms with van der Waals surface area (Å²) in [5.74, 6) is 2.04. The van der Waals surface area contributed by atoms with Gasteiger partial charge in [0, 0.05) is 29.2 Å². The minimum Gasteiger partial charge on any atom is -0.496 e. The molecule has 1 aliphatic carbocycles. The van der Waals surface area contributed by atoms with Gasteiger partial charge >= 0.3 is 0 Å². The fourth-order valence-corrected chi connectivity index (χ4v) is 4.42. The molecule has 2 heterocycles. The lowest BCUT2D eigenvalue weighted by atomic mass is 9.76. The third-order valence-corrected chi connectivity index (χ3v) is 6.27. The number of aromatic nitrogens is 1. The Labute approximate surface area is 139 Å². The number of rotatable bonds is 4. The summed E-state index contributed by atoms with van der Waals surface area (Å²) in [6.07, 6.45) is 7.67. The predicted molar refractivity (Wildman–Crippen MR) is 94.9 cm³/mol. The van der Waals surface area contributed by atoms with E-state index in [1.54, 1.807) is 7.11 Å². The van der Waals surface area contributed by atoms with Crippen LogP contribution in [-0.4, -0.2) is 30.1 Å². The number of likely N-dealkylation sites (tertiary alicyclic amines) is 1. The molecular weight excluding hydrogens is 284 g/mol. The first-order chi connectivity index (χ1) is 11.1. The van der Waals surface area contributed by atoms with Crippen molar-refractivity contribution in [2.24, 2.45) is 11.3 Å². The number of methoxy groups -OCH3 is 1. The summed E-state index contributed by atoms with van der Waals surface area (Å²) < 4.78 is 5.69. The smallest absolute Gasteiger partial charge is 0.124 e. The molecule has 0 atom stereocenters. The van der Waals surface area contributed by atoms with Crippen molar-refractivity contribution >= 4 is 10.9 Å². The molecule has 1 saturated heterocycles. The van der Waals surface area contributed by atoms with E-state index < -0.39 is 0 Å². The summed E-state index contributed by atoms with van der Waals surface area (Å²) in [7, 11) is 1.79. The average molecular weight is 312 g/mol. The van der Waals surface area contributed by atoms with Crippen LogP contribution >= 0.6 is 0 Å². The van der Waals surface area contributed by atoms with Crippen molar-refractivity contribution in [2.75, 3.05) is 20.2 Å². The van der Waals surface area contributed by atoms with Crippen LogP contribution in [-0.2, 0) is 6.54 Å². The lowest BCUT2D eigenvalue weighted by molar-refractivity contribution is 0.0944. The highest BCUT2D eigenvalue weighted by molar-refractivity contribution is 5.88. The van der Waals surface area contributed by atoms with E-state index in [1.807, 2.05) is 6.20 Å². The second-order valence-electron chi connectivity index (χ2n) is 7.85. The zero-order valence-electron chi connectivity index (χ0n) is 14.6. The number of piperidine rings is 1. The van der Waals surface area contributed by atoms with E-state index in [0.717, 1.165) is 18.2 Å². The Kier molecular flexibility index (Phi) is 3.64. The molecule has 1 saturated carbocycles. The van der Waals surface area contributed by atoms with Gasteiger partial charge in [0.25, 0.3) is 0 Å². The Morgan fingerprint density at radius 2 is 2.04 bits per heavy atom. The average Bonchev–Trinajstić information content (AvgIpc) is 3.30. The minimum atomic E-state index is 0.608. The Morgan fingerprint density at radius 1 is 1.30 bits per heavy atom. The van der Waals surface area contributed by atoms with Gasteiger partial charge in [-0.25, -0.2) is 0 Å². The molecule has 1 aromatic heterocycles. The third-order valence-electron chi connectivity index (χ3n) is 6.27. The first kappa shape index (κ1) is 15.1. The number of benzene rings is 1. The quantitative estimate of drug-likeness (QED) is 0.900. The van der Waals surface area contributed by atoms with Gasteiger partial charge in [-0.05, 0) is 74.7 Å². The normalized spacial score (nSPS) is 21.7. The zero-order valence-corrected chi connectivity index (χ0v) is 14.6. The van der Waals surface area contributed by atoms with Crippen LogP contribution in [0.15, 0.2) is 18.3 Å². The number of H-pyrrole nitrogens is 1. The van der Waals surface area contributed by atoms with Crippen molar-refractivity contribution in [1.29, 1.82) is 0 Å². The molecule has 124 valence electrons. The fraction of sp³-hybridized carbons (Fsp3) is 0.600. The number of nitrogens with zero attached hydrogens (tertiary/aromatic N) is 1. The SMILES string of the molecule is COc1cc(C)c2[nH]ccc2c1CN1CCC(C)(C2CC2)CC1. The zero-order chi connectivity index (χ0) is 16.0. The van der Waals surface area contributed by atoms with Crippen LogP contribution in [0.3, 0.4) is 0 Å². The molecule has 2 aliphatic rings. The molecule has 0 unspecified atom stereocenters. The molecule has 4 rings (SSSR count). The molecule has 1 aromatic carbocycles. The Hall–Kier alpha value is -1.48. The van der Waals surface area contributed by atoms with Crippen LogP contribution < -0.4 is 4.74 Å². The predicted octanol–water partition coefficient (Wildman–Crippen LogP) is 4.50. The maximum Gasteiger partial charge on any atom is 0.124 e. The molecular formula is C20H28N2O. The van der Waals surface area contributed by atoms with E-state index >= 15 is 0 Å². The van der Waals surface area contributed by atoms with Crippen molar-refractivity contribution in [3.05, 3.63) is 29.5 Å². The summed E-state index contributed by atoms with van der Waals surface area (Å²) in [5.41, 5.74) is 4.45. The molecule has 3 nitrogen and oxygen atoms in total. The summed E-state index contributed by atoms with van der Waals surface area (Å²) in [6, 6.07) is 4.37. The highest BCUT2D eigenvalue weighted by Gasteiger charge is 2.43. The Balaban J connectivity index is 1.56. The molecule has 3 heteroatoms. The van der Waals surface area contributed by atoms with E-state index in [-0.39, 0.29) is 0 Å². The van der Waals surface area contributed by atoms with Gasteiger partial charge in [0.2, 0.25) is 0 Å². The molecule has 23 heavy (non-hydrogen) atoms. The number of hydrogen-bond donors (Lipinski definition) is 1. The molecule has 0 bridgehead atoms. The van der Waals surface area contributed by atoms with Gasteiger partial charge in [-0.2, -0.15) is 0 Å². The van der Waals surface area contributed by atoms with Crippen LogP contribution in [0, 0.1) is 18.3 Å². The van der Waals surface area contributed by atoms with E-state index in [9.17, 15) is 0 Å². The van der Waals surface area contributed by atoms with Gasteiger partial charge in [0.05, 0.1) is 7.11 Å². The summed E-state index contributed by atoms with van der Waals surface area (Å²) in [4.78, 5) is 5.99. The number of hydrogen-bond acceptors (Lipinski definition) is 2. The summed E-state index contributed by atoms with van der Waals surface area (Å²) >= 11 is 0. The maximum atomic E-state index is 5.69. The summed E-state index contributed by atoms with van der Waals surface area (Å²) in [5, 5.41) is 1.32. The standard InChI is InChI=1S/C20H28N2O/c1-14-12-18(23-3)17(16-6-9-21-19(14)16)13-22-10-7-20(2,8-11-22)15-4-5-15/h6,9,12,15,21H,4-5,7-8,10-11,13H2,1-3H3. The number of fused-ring (bicyclic) bond motifs is 1. The monoisotopic (exact) mass is 312 g/mol. The van der Waals surface area contributed by atoms with Gasteiger partial charge in [-0.1, -0.05) is 6.92 Å². The highest BCUT2D eigenvalue weighted by atomic mass is 16.5. The van der Waals surface area contributed by atoms with Gasteiger partial charge in [0.15, 0.2) is 0 Å². The van der Waals surface area contributed by atoms with Crippen molar-refractivity contribution < 1.29 is 4.74 Å². The largest absolute Gasteiger partial charge is 0.496 e. The van der Waals surface area contributed by atoms with E-state index in [1.165, 1.54) is 60.8 Å². The lowest BCUT2D eigenvalue weighted by Gasteiger charge is -2.40. The first-order valence-corrected chi connectivity index (χ1v) is 8.96. The highest BCUT2D eigenvalue weighted by Crippen LogP contribution is 2.51. The van der Waals surface area contributed by atoms with E-state index in [4.69, 9.17) is 4.74 Å². The fourth-order valence-electron chi connectivity index (χ4n) is 4.42. The number of ether oxygens (including phenoxy) is 1. The van der Waals surface area contributed by atoms with Crippen molar-refractivity contribution in [2.45, 2.75) is 46.1 Å². The molecule has 1 aliphatic heterocycles. The van der Waals surface area contributed by atoms with Crippen LogP contribution in [0.2, 0.25) is 0 Å². The van der Waals surface area contributed by atoms with Gasteiger partial charge in [-0.15, -0.1) is 0 Å². The van der Waals surface area contributed by atoms with Crippen LogP contribution in [0.4, 0.5) is 0 Å². The maximum absolute atomic E-state index is 5.69. The Bertz CT molecular complexity index is 706. The summed E-state index contributed by atoms with van der Waals surface area (Å²) in [6.45, 7) is 8.09. The molecule has 2 fully saturated rings. The topological polar surface area (TPSA) is 28.3 Å². The van der Waals surface area contributed by atoms with Gasteiger partial charge in [0.1, 0.15) is 5.75 Å². The number of aryl methyl sites for hydroxylation is 1. The van der Waals surface area contributed by atoms with Crippen molar-refractivity contribution in [3.63, 3.8) is 0 Å². The second kappa shape index (κ2) is 5.55. The van der Waals surface area contributed by atoms with Crippen molar-refractivity contribution in [3.8, 4) is 5.75 Å². The second-order valence-corrected chi connectivity index (χ2v) is 7.85. The van der Waals surface area contributed by atoms with Crippen LogP contribution in [0.25, 0.3) is 10.9 Å². The molecule has 0 spiro atoms. The molecule has 2 aromatic rings. The van der Waals surface area contributed by atoms with Crippen LogP contribution in [0.1, 0.15) is 43.7 Å². The first-order valence-electron chi connectivity index (χ1n) is 8.96. The van der Waals surface area contributed by atoms with E-state index in [2.05, 4.69) is 35.9 Å². The lowest BCUT2D eigenvalue weighted by Crippen LogP contribution is -2.39.